The van der Waals surface area contributed by atoms with Gasteiger partial charge in [0.25, 0.3) is 0 Å². The van der Waals surface area contributed by atoms with Crippen molar-refractivity contribution in [3.8, 4) is 0 Å². The van der Waals surface area contributed by atoms with E-state index in [2.05, 4.69) is 26.2 Å². The van der Waals surface area contributed by atoms with Crippen molar-refractivity contribution in [1.29, 1.82) is 0 Å². The Bertz CT molecular complexity index is 586. The number of nitrogens with zero attached hydrogens (tertiary/aromatic N) is 3. The van der Waals surface area contributed by atoms with Crippen molar-refractivity contribution in [1.82, 2.24) is 20.1 Å². The van der Waals surface area contributed by atoms with E-state index in [0.29, 0.717) is 13.2 Å². The molecule has 1 aliphatic carbocycles. The molecule has 4 rings (SSSR count). The molecule has 1 saturated carbocycles. The van der Waals surface area contributed by atoms with Gasteiger partial charge in [-0.25, -0.2) is 0 Å². The summed E-state index contributed by atoms with van der Waals surface area (Å²) in [5.41, 5.74) is 1.18. The number of nitrogens with one attached hydrogen (secondary N) is 1. The lowest BCUT2D eigenvalue weighted by Crippen LogP contribution is -2.58. The molecule has 1 N–H and O–H groups in total. The van der Waals surface area contributed by atoms with Crippen LogP contribution in [0.4, 0.5) is 0 Å². The van der Waals surface area contributed by atoms with Crippen LogP contribution in [0.3, 0.4) is 0 Å². The monoisotopic (exact) mass is 380 g/mol. The molecule has 0 spiro atoms. The molecule has 0 bridgehead atoms. The summed E-state index contributed by atoms with van der Waals surface area (Å²) in [7, 11) is 0. The Hall–Kier alpha value is -1.21. The molecule has 26 heavy (non-hydrogen) atoms. The van der Waals surface area contributed by atoms with Gasteiger partial charge in [0.05, 0.1) is 25.3 Å². The van der Waals surface area contributed by atoms with E-state index in [0.717, 1.165) is 39.0 Å². The van der Waals surface area contributed by atoms with Gasteiger partial charge in [-0.1, -0.05) is 18.9 Å². The molecule has 3 aliphatic rings. The fraction of sp³-hybridized carbons (Fsp3) is 0.684. The second kappa shape index (κ2) is 9.13. The summed E-state index contributed by atoms with van der Waals surface area (Å²) in [6, 6.07) is 4.58. The molecular weight excluding hydrogens is 352 g/mol. The van der Waals surface area contributed by atoms with Crippen LogP contribution in [0, 0.1) is 0 Å². The first-order valence-electron chi connectivity index (χ1n) is 9.59. The maximum atomic E-state index is 13.1. The largest absolute Gasteiger partial charge is 0.374 e. The summed E-state index contributed by atoms with van der Waals surface area (Å²) in [5.74, 6) is 0.260. The van der Waals surface area contributed by atoms with Crippen LogP contribution in [-0.4, -0.2) is 72.2 Å². The third kappa shape index (κ3) is 4.19. The Balaban J connectivity index is 0.00000196. The van der Waals surface area contributed by atoms with Crippen LogP contribution in [-0.2, 0) is 9.53 Å². The number of aromatic nitrogens is 1. The van der Waals surface area contributed by atoms with Crippen molar-refractivity contribution < 1.29 is 9.53 Å². The minimum absolute atomic E-state index is 0. The molecule has 3 unspecified atom stereocenters. The number of pyridine rings is 1. The molecule has 3 fully saturated rings. The second-order valence-electron chi connectivity index (χ2n) is 7.32. The van der Waals surface area contributed by atoms with Gasteiger partial charge in [0.2, 0.25) is 5.91 Å². The smallest absolute Gasteiger partial charge is 0.237 e. The summed E-state index contributed by atoms with van der Waals surface area (Å²) >= 11 is 0. The average Bonchev–Trinajstić information content (AvgIpc) is 2.68. The molecule has 2 saturated heterocycles. The van der Waals surface area contributed by atoms with Crippen molar-refractivity contribution in [3.63, 3.8) is 0 Å². The van der Waals surface area contributed by atoms with Gasteiger partial charge in [0.1, 0.15) is 0 Å². The third-order valence-corrected chi connectivity index (χ3v) is 5.81. The van der Waals surface area contributed by atoms with Crippen LogP contribution in [0.15, 0.2) is 24.5 Å². The molecule has 0 radical (unpaired) electrons. The van der Waals surface area contributed by atoms with Crippen LogP contribution in [0.5, 0.6) is 0 Å². The first-order chi connectivity index (χ1) is 12.3. The Morgan fingerprint density at radius 3 is 3.04 bits per heavy atom. The number of piperazine rings is 1. The molecule has 3 atom stereocenters. The van der Waals surface area contributed by atoms with E-state index in [4.69, 9.17) is 4.74 Å². The van der Waals surface area contributed by atoms with Crippen LogP contribution >= 0.6 is 12.4 Å². The molecule has 6 nitrogen and oxygen atoms in total. The number of carbonyl (C=O) groups excluding carboxylic acids is 1. The first-order valence-corrected chi connectivity index (χ1v) is 9.59. The van der Waals surface area contributed by atoms with Gasteiger partial charge in [-0.3, -0.25) is 14.7 Å². The number of morpholine rings is 1. The zero-order valence-electron chi connectivity index (χ0n) is 15.2. The first kappa shape index (κ1) is 19.5. The van der Waals surface area contributed by atoms with Gasteiger partial charge < -0.3 is 15.0 Å². The lowest BCUT2D eigenvalue weighted by atomic mass is 9.90. The van der Waals surface area contributed by atoms with Crippen molar-refractivity contribution in [3.05, 3.63) is 30.1 Å². The number of hydrogen-bond acceptors (Lipinski definition) is 5. The quantitative estimate of drug-likeness (QED) is 0.863. The molecule has 1 aromatic heterocycles. The Morgan fingerprint density at radius 2 is 2.19 bits per heavy atom. The molecule has 7 heteroatoms. The number of hydrogen-bond donors (Lipinski definition) is 1. The number of carbonyl (C=O) groups is 1. The van der Waals surface area contributed by atoms with E-state index in [-0.39, 0.29) is 36.5 Å². The topological polar surface area (TPSA) is 57.7 Å². The molecule has 1 aromatic rings. The number of halogens is 1. The van der Waals surface area contributed by atoms with Gasteiger partial charge in [-0.2, -0.15) is 0 Å². The molecule has 1 amide bonds. The summed E-state index contributed by atoms with van der Waals surface area (Å²) < 4.78 is 5.92. The predicted molar refractivity (Wildman–Crippen MR) is 102 cm³/mol. The van der Waals surface area contributed by atoms with E-state index in [9.17, 15) is 4.79 Å². The van der Waals surface area contributed by atoms with E-state index in [1.54, 1.807) is 6.20 Å². The summed E-state index contributed by atoms with van der Waals surface area (Å²) in [5, 5.41) is 3.45. The van der Waals surface area contributed by atoms with E-state index >= 15 is 0 Å². The zero-order valence-corrected chi connectivity index (χ0v) is 16.0. The summed E-state index contributed by atoms with van der Waals surface area (Å²) in [6.45, 7) is 4.60. The highest BCUT2D eigenvalue weighted by Gasteiger charge is 2.37. The third-order valence-electron chi connectivity index (χ3n) is 5.81. The molecular formula is C19H29ClN4O2. The summed E-state index contributed by atoms with van der Waals surface area (Å²) in [4.78, 5) is 21.8. The van der Waals surface area contributed by atoms with Crippen LogP contribution in [0.25, 0.3) is 0 Å². The molecule has 2 aliphatic heterocycles. The van der Waals surface area contributed by atoms with Crippen LogP contribution in [0.2, 0.25) is 0 Å². The Kier molecular flexibility index (Phi) is 6.86. The van der Waals surface area contributed by atoms with E-state index < -0.39 is 0 Å². The second-order valence-corrected chi connectivity index (χ2v) is 7.32. The van der Waals surface area contributed by atoms with Crippen molar-refractivity contribution in [2.24, 2.45) is 0 Å². The summed E-state index contributed by atoms with van der Waals surface area (Å²) in [6.07, 6.45) is 8.59. The lowest BCUT2D eigenvalue weighted by Gasteiger charge is -2.45. The SMILES string of the molecule is Cl.O=C(CN1CCNCC1c1cccnc1)N1CCOC2CCCCC21. The minimum atomic E-state index is 0. The van der Waals surface area contributed by atoms with Gasteiger partial charge in [0, 0.05) is 44.6 Å². The lowest BCUT2D eigenvalue weighted by molar-refractivity contribution is -0.151. The molecule has 0 aromatic carbocycles. The zero-order chi connectivity index (χ0) is 17.1. The average molecular weight is 381 g/mol. The Labute approximate surface area is 161 Å². The number of ether oxygens (including phenoxy) is 1. The predicted octanol–water partition coefficient (Wildman–Crippen LogP) is 1.62. The van der Waals surface area contributed by atoms with Crippen molar-refractivity contribution >= 4 is 18.3 Å². The standard InChI is InChI=1S/C19H28N4O2.ClH/c24-19(23-10-11-25-18-6-2-1-5-16(18)23)14-22-9-8-21-13-17(22)15-4-3-7-20-12-15;/h3-4,7,12,16-18,21H,1-2,5-6,8-11,13-14H2;1H. The van der Waals surface area contributed by atoms with Gasteiger partial charge in [0.15, 0.2) is 0 Å². The fourth-order valence-corrected chi connectivity index (χ4v) is 4.51. The van der Waals surface area contributed by atoms with Gasteiger partial charge >= 0.3 is 0 Å². The normalized spacial score (nSPS) is 29.5. The Morgan fingerprint density at radius 1 is 1.31 bits per heavy atom. The maximum absolute atomic E-state index is 13.1. The van der Waals surface area contributed by atoms with E-state index in [1.807, 2.05) is 12.3 Å². The molecule has 3 heterocycles. The highest BCUT2D eigenvalue weighted by molar-refractivity contribution is 5.85. The maximum Gasteiger partial charge on any atom is 0.237 e. The van der Waals surface area contributed by atoms with Crippen LogP contribution in [0.1, 0.15) is 37.3 Å². The highest BCUT2D eigenvalue weighted by atomic mass is 35.5. The van der Waals surface area contributed by atoms with Gasteiger partial charge in [-0.05, 0) is 24.5 Å². The van der Waals surface area contributed by atoms with Crippen molar-refractivity contribution in [2.45, 2.75) is 43.9 Å². The fourth-order valence-electron chi connectivity index (χ4n) is 4.51. The number of rotatable bonds is 3. The van der Waals surface area contributed by atoms with E-state index in [1.165, 1.54) is 18.4 Å². The minimum Gasteiger partial charge on any atom is -0.374 e. The number of fused-ring (bicyclic) bond motifs is 1. The molecule has 144 valence electrons. The highest BCUT2D eigenvalue weighted by Crippen LogP contribution is 2.29. The number of amides is 1. The van der Waals surface area contributed by atoms with Crippen LogP contribution < -0.4 is 5.32 Å². The van der Waals surface area contributed by atoms with Crippen molar-refractivity contribution in [2.75, 3.05) is 39.3 Å². The van der Waals surface area contributed by atoms with Gasteiger partial charge in [-0.15, -0.1) is 12.4 Å².